The molecule has 0 saturated heterocycles. The van der Waals surface area contributed by atoms with E-state index in [1.165, 1.54) is 0 Å². The number of benzene rings is 1. The fraction of sp³-hybridized carbons (Fsp3) is 0.385. The van der Waals surface area contributed by atoms with E-state index >= 15 is 0 Å². The minimum atomic E-state index is -1.05. The molecule has 0 fully saturated rings. The topological polar surface area (TPSA) is 75.6 Å². The van der Waals surface area contributed by atoms with Crippen molar-refractivity contribution < 1.29 is 19.4 Å². The van der Waals surface area contributed by atoms with E-state index in [2.05, 4.69) is 5.32 Å². The molecule has 0 radical (unpaired) electrons. The highest BCUT2D eigenvalue weighted by atomic mass is 16.5. The van der Waals surface area contributed by atoms with Crippen LogP contribution in [0.2, 0.25) is 0 Å². The number of rotatable bonds is 6. The number of ether oxygens (including phenoxy) is 1. The van der Waals surface area contributed by atoms with Crippen LogP contribution in [0.4, 0.5) is 0 Å². The number of hydrogen-bond acceptors (Lipinski definition) is 3. The van der Waals surface area contributed by atoms with E-state index in [0.29, 0.717) is 0 Å². The Hall–Kier alpha value is -2.04. The molecule has 18 heavy (non-hydrogen) atoms. The van der Waals surface area contributed by atoms with Gasteiger partial charge in [-0.15, -0.1) is 0 Å². The van der Waals surface area contributed by atoms with Crippen LogP contribution in [0.5, 0.6) is 5.75 Å². The lowest BCUT2D eigenvalue weighted by molar-refractivity contribution is -0.138. The van der Waals surface area contributed by atoms with Gasteiger partial charge in [-0.25, -0.2) is 0 Å². The third-order valence-corrected chi connectivity index (χ3v) is 2.60. The van der Waals surface area contributed by atoms with Crippen molar-refractivity contribution in [2.24, 2.45) is 0 Å². The van der Waals surface area contributed by atoms with E-state index in [-0.39, 0.29) is 24.8 Å². The Balaban J connectivity index is 2.61. The first kappa shape index (κ1) is 14.0. The predicted octanol–water partition coefficient (Wildman–Crippen LogP) is 1.39. The Bertz CT molecular complexity index is 431. The highest BCUT2D eigenvalue weighted by molar-refractivity contribution is 5.81. The Morgan fingerprint density at radius 3 is 2.67 bits per heavy atom. The van der Waals surface area contributed by atoms with Gasteiger partial charge >= 0.3 is 5.97 Å². The number of para-hydroxylation sites is 1. The minimum Gasteiger partial charge on any atom is -0.496 e. The molecule has 1 amide bonds. The van der Waals surface area contributed by atoms with E-state index in [4.69, 9.17) is 9.84 Å². The molecule has 0 bridgehead atoms. The second-order valence-corrected chi connectivity index (χ2v) is 4.02. The summed E-state index contributed by atoms with van der Waals surface area (Å²) in [6.45, 7) is 1.55. The molecule has 1 aromatic carbocycles. The van der Waals surface area contributed by atoms with Gasteiger partial charge in [0, 0.05) is 6.42 Å². The molecule has 0 aliphatic rings. The molecule has 1 rings (SSSR count). The first-order valence-electron chi connectivity index (χ1n) is 5.66. The molecule has 0 spiro atoms. The van der Waals surface area contributed by atoms with Crippen molar-refractivity contribution in [3.05, 3.63) is 29.8 Å². The maximum atomic E-state index is 11.5. The maximum absolute atomic E-state index is 11.5. The second-order valence-electron chi connectivity index (χ2n) is 4.02. The van der Waals surface area contributed by atoms with Crippen LogP contribution in [0.25, 0.3) is 0 Å². The molecule has 0 aromatic heterocycles. The third-order valence-electron chi connectivity index (χ3n) is 2.60. The summed E-state index contributed by atoms with van der Waals surface area (Å²) in [4.78, 5) is 21.8. The van der Waals surface area contributed by atoms with Crippen molar-refractivity contribution in [1.82, 2.24) is 5.32 Å². The Morgan fingerprint density at radius 1 is 1.39 bits per heavy atom. The van der Waals surface area contributed by atoms with Gasteiger partial charge in [-0.2, -0.15) is 0 Å². The zero-order chi connectivity index (χ0) is 13.5. The Morgan fingerprint density at radius 2 is 2.06 bits per heavy atom. The number of carboxylic acid groups (broad SMARTS) is 1. The Kier molecular flexibility index (Phi) is 5.17. The number of carbonyl (C=O) groups excluding carboxylic acids is 1. The molecular formula is C13H17NO4. The molecule has 0 saturated carbocycles. The quantitative estimate of drug-likeness (QED) is 0.801. The van der Waals surface area contributed by atoms with Gasteiger partial charge in [0.05, 0.1) is 7.11 Å². The third kappa shape index (κ3) is 4.08. The summed E-state index contributed by atoms with van der Waals surface area (Å²) in [5.41, 5.74) is 0.936. The number of carboxylic acids is 1. The summed E-state index contributed by atoms with van der Waals surface area (Å²) in [6.07, 6.45) is 0.230. The van der Waals surface area contributed by atoms with Crippen LogP contribution in [-0.2, 0) is 9.59 Å². The maximum Gasteiger partial charge on any atom is 0.322 e. The van der Waals surface area contributed by atoms with Crippen LogP contribution in [0.1, 0.15) is 24.8 Å². The number of amides is 1. The van der Waals surface area contributed by atoms with Crippen LogP contribution in [0, 0.1) is 0 Å². The summed E-state index contributed by atoms with van der Waals surface area (Å²) in [5.74, 6) is -0.630. The van der Waals surface area contributed by atoms with Gasteiger partial charge in [-0.3, -0.25) is 9.59 Å². The average molecular weight is 251 g/mol. The van der Waals surface area contributed by atoms with Crippen LogP contribution < -0.4 is 10.1 Å². The number of nitrogens with one attached hydrogen (secondary N) is 1. The molecule has 1 unspecified atom stereocenters. The lowest BCUT2D eigenvalue weighted by Crippen LogP contribution is -2.30. The molecular weight excluding hydrogens is 234 g/mol. The first-order valence-corrected chi connectivity index (χ1v) is 5.66. The Labute approximate surface area is 106 Å². The van der Waals surface area contributed by atoms with Gasteiger partial charge < -0.3 is 15.2 Å². The van der Waals surface area contributed by atoms with Crippen LogP contribution in [0.15, 0.2) is 24.3 Å². The smallest absolute Gasteiger partial charge is 0.322 e. The molecule has 0 aliphatic heterocycles. The fourth-order valence-corrected chi connectivity index (χ4v) is 1.71. The molecule has 1 atom stereocenters. The van der Waals surface area contributed by atoms with Crippen molar-refractivity contribution in [3.8, 4) is 5.75 Å². The van der Waals surface area contributed by atoms with E-state index < -0.39 is 5.97 Å². The van der Waals surface area contributed by atoms with E-state index in [1.54, 1.807) is 7.11 Å². The lowest BCUT2D eigenvalue weighted by atomic mass is 9.96. The minimum absolute atomic E-state index is 0.0325. The van der Waals surface area contributed by atoms with Crippen molar-refractivity contribution in [2.45, 2.75) is 19.3 Å². The van der Waals surface area contributed by atoms with Gasteiger partial charge in [0.1, 0.15) is 12.3 Å². The van der Waals surface area contributed by atoms with Crippen molar-refractivity contribution in [3.63, 3.8) is 0 Å². The highest BCUT2D eigenvalue weighted by Gasteiger charge is 2.15. The largest absolute Gasteiger partial charge is 0.496 e. The first-order chi connectivity index (χ1) is 8.54. The summed E-state index contributed by atoms with van der Waals surface area (Å²) < 4.78 is 5.22. The number of aliphatic carboxylic acids is 1. The van der Waals surface area contributed by atoms with Crippen molar-refractivity contribution >= 4 is 11.9 Å². The number of methoxy groups -OCH3 is 1. The molecule has 5 nitrogen and oxygen atoms in total. The van der Waals surface area contributed by atoms with E-state index in [1.807, 2.05) is 31.2 Å². The molecule has 2 N–H and O–H groups in total. The molecule has 98 valence electrons. The fourth-order valence-electron chi connectivity index (χ4n) is 1.71. The standard InChI is InChI=1S/C13H17NO4/c1-9(7-12(15)14-8-13(16)17)10-5-3-4-6-11(10)18-2/h3-6,9H,7-8H2,1-2H3,(H,14,15)(H,16,17). The van der Waals surface area contributed by atoms with Gasteiger partial charge in [0.2, 0.25) is 5.91 Å². The number of hydrogen-bond donors (Lipinski definition) is 2. The molecule has 0 heterocycles. The van der Waals surface area contributed by atoms with Crippen LogP contribution in [0.3, 0.4) is 0 Å². The normalized spacial score (nSPS) is 11.7. The summed E-state index contributed by atoms with van der Waals surface area (Å²) >= 11 is 0. The van der Waals surface area contributed by atoms with Crippen molar-refractivity contribution in [2.75, 3.05) is 13.7 Å². The molecule has 1 aromatic rings. The zero-order valence-electron chi connectivity index (χ0n) is 10.5. The lowest BCUT2D eigenvalue weighted by Gasteiger charge is -2.14. The van der Waals surface area contributed by atoms with Gasteiger partial charge in [0.25, 0.3) is 0 Å². The van der Waals surface area contributed by atoms with Gasteiger partial charge in [-0.1, -0.05) is 25.1 Å². The molecule has 5 heteroatoms. The van der Waals surface area contributed by atoms with Crippen LogP contribution >= 0.6 is 0 Å². The van der Waals surface area contributed by atoms with E-state index in [9.17, 15) is 9.59 Å². The second kappa shape index (κ2) is 6.64. The van der Waals surface area contributed by atoms with E-state index in [0.717, 1.165) is 11.3 Å². The summed E-state index contributed by atoms with van der Waals surface area (Å²) in [5, 5.41) is 10.8. The van der Waals surface area contributed by atoms with Gasteiger partial charge in [0.15, 0.2) is 0 Å². The predicted molar refractivity (Wildman–Crippen MR) is 66.7 cm³/mol. The van der Waals surface area contributed by atoms with Crippen LogP contribution in [-0.4, -0.2) is 30.6 Å². The van der Waals surface area contributed by atoms with Crippen molar-refractivity contribution in [1.29, 1.82) is 0 Å². The summed E-state index contributed by atoms with van der Waals surface area (Å²) in [7, 11) is 1.58. The number of carbonyl (C=O) groups is 2. The average Bonchev–Trinajstić information content (AvgIpc) is 2.36. The SMILES string of the molecule is COc1ccccc1C(C)CC(=O)NCC(=O)O. The highest BCUT2D eigenvalue weighted by Crippen LogP contribution is 2.28. The summed E-state index contributed by atoms with van der Waals surface area (Å²) in [6, 6.07) is 7.47. The monoisotopic (exact) mass is 251 g/mol. The molecule has 0 aliphatic carbocycles. The van der Waals surface area contributed by atoms with Gasteiger partial charge in [-0.05, 0) is 17.5 Å². The zero-order valence-corrected chi connectivity index (χ0v) is 10.5.